The summed E-state index contributed by atoms with van der Waals surface area (Å²) in [6, 6.07) is 29.2. The first-order valence-electron chi connectivity index (χ1n) is 9.18. The van der Waals surface area contributed by atoms with Crippen molar-refractivity contribution in [2.24, 2.45) is 0 Å². The summed E-state index contributed by atoms with van der Waals surface area (Å²) in [6.45, 7) is 3.89. The molecule has 1 atom stereocenters. The highest BCUT2D eigenvalue weighted by Gasteiger charge is 2.17. The summed E-state index contributed by atoms with van der Waals surface area (Å²) in [6.07, 6.45) is 2.64. The molecule has 0 aliphatic heterocycles. The number of carbonyl (C=O) groups excluding carboxylic acids is 1. The predicted octanol–water partition coefficient (Wildman–Crippen LogP) is 7.19. The highest BCUT2D eigenvalue weighted by Crippen LogP contribution is 2.33. The molecule has 3 aromatic rings. The van der Waals surface area contributed by atoms with Gasteiger partial charge in [-0.1, -0.05) is 103 Å². The molecule has 0 aliphatic carbocycles. The van der Waals surface area contributed by atoms with Crippen molar-refractivity contribution in [2.45, 2.75) is 12.3 Å². The van der Waals surface area contributed by atoms with Gasteiger partial charge >= 0.3 is 0 Å². The lowest BCUT2D eigenvalue weighted by atomic mass is 9.93. The standard InChI is InChI=1S/C26H21BrO/c1-2-12-23(20-13-6-3-7-14-20)25(27)19-24(21-15-8-4-9-16-21)26(28)22-17-10-5-11-18-22/h2-11,13-18,23H,1,12H2. The molecule has 0 heterocycles. The van der Waals surface area contributed by atoms with Gasteiger partial charge in [-0.3, -0.25) is 4.79 Å². The lowest BCUT2D eigenvalue weighted by Crippen LogP contribution is -2.03. The van der Waals surface area contributed by atoms with Crippen LogP contribution < -0.4 is 0 Å². The third-order valence-corrected chi connectivity index (χ3v) is 5.23. The molecule has 0 saturated heterocycles. The topological polar surface area (TPSA) is 17.1 Å². The Morgan fingerprint density at radius 2 is 1.36 bits per heavy atom. The second kappa shape index (κ2) is 9.85. The highest BCUT2D eigenvalue weighted by molar-refractivity contribution is 9.11. The first kappa shape index (κ1) is 19.8. The van der Waals surface area contributed by atoms with Gasteiger partial charge in [-0.2, -0.15) is 0 Å². The van der Waals surface area contributed by atoms with E-state index in [0.29, 0.717) is 11.1 Å². The van der Waals surface area contributed by atoms with E-state index >= 15 is 0 Å². The lowest BCUT2D eigenvalue weighted by molar-refractivity contribution is 0.105. The second-order valence-electron chi connectivity index (χ2n) is 6.40. The number of ketones is 1. The van der Waals surface area contributed by atoms with Crippen LogP contribution in [0.3, 0.4) is 0 Å². The van der Waals surface area contributed by atoms with E-state index in [0.717, 1.165) is 22.0 Å². The summed E-state index contributed by atoms with van der Waals surface area (Å²) < 4.78 is 0.835. The Hall–Kier alpha value is -2.93. The molecule has 1 nitrogen and oxygen atoms in total. The number of hydrogen-bond acceptors (Lipinski definition) is 1. The largest absolute Gasteiger partial charge is 0.288 e. The van der Waals surface area contributed by atoms with E-state index in [1.165, 1.54) is 0 Å². The van der Waals surface area contributed by atoms with Gasteiger partial charge in [0.2, 0.25) is 5.78 Å². The summed E-state index contributed by atoms with van der Waals surface area (Å²) in [7, 11) is 0. The minimum absolute atomic E-state index is 0.0471. The van der Waals surface area contributed by atoms with Crippen molar-refractivity contribution >= 4 is 27.3 Å². The first-order valence-corrected chi connectivity index (χ1v) is 9.97. The minimum Gasteiger partial charge on any atom is -0.288 e. The number of hydrogen-bond donors (Lipinski definition) is 0. The van der Waals surface area contributed by atoms with Gasteiger partial charge in [-0.15, -0.1) is 6.58 Å². The Labute approximate surface area is 174 Å². The molecule has 0 spiro atoms. The third kappa shape index (κ3) is 4.86. The second-order valence-corrected chi connectivity index (χ2v) is 7.25. The number of Topliss-reactive ketones (excluding diaryl/α,β-unsaturated/α-hetero) is 1. The molecule has 0 fully saturated rings. The Balaban J connectivity index is 2.16. The predicted molar refractivity (Wildman–Crippen MR) is 121 cm³/mol. The van der Waals surface area contributed by atoms with E-state index in [1.54, 1.807) is 0 Å². The molecule has 3 rings (SSSR count). The normalized spacial score (nSPS) is 11.2. The fourth-order valence-electron chi connectivity index (χ4n) is 3.04. The fourth-order valence-corrected chi connectivity index (χ4v) is 3.69. The molecule has 28 heavy (non-hydrogen) atoms. The van der Waals surface area contributed by atoms with Crippen LogP contribution in [-0.2, 0) is 0 Å². The van der Waals surface area contributed by atoms with E-state index in [4.69, 9.17) is 0 Å². The zero-order valence-electron chi connectivity index (χ0n) is 15.5. The highest BCUT2D eigenvalue weighted by atomic mass is 79.9. The van der Waals surface area contributed by atoms with Crippen molar-refractivity contribution in [3.63, 3.8) is 0 Å². The van der Waals surface area contributed by atoms with Crippen LogP contribution in [0.2, 0.25) is 0 Å². The summed E-state index contributed by atoms with van der Waals surface area (Å²) in [5.74, 6) is 0.00940. The van der Waals surface area contributed by atoms with E-state index < -0.39 is 0 Å². The van der Waals surface area contributed by atoms with Gasteiger partial charge in [0.1, 0.15) is 0 Å². The van der Waals surface area contributed by atoms with E-state index in [-0.39, 0.29) is 11.7 Å². The molecule has 0 amide bonds. The number of rotatable bonds is 7. The molecule has 0 aromatic heterocycles. The molecule has 3 aromatic carbocycles. The molecule has 0 saturated carbocycles. The monoisotopic (exact) mass is 428 g/mol. The van der Waals surface area contributed by atoms with Gasteiger partial charge in [-0.25, -0.2) is 0 Å². The maximum Gasteiger partial charge on any atom is 0.201 e. The van der Waals surface area contributed by atoms with E-state index in [2.05, 4.69) is 40.4 Å². The van der Waals surface area contributed by atoms with Gasteiger partial charge in [0.05, 0.1) is 5.57 Å². The number of carbonyl (C=O) groups is 1. The molecule has 0 bridgehead atoms. The van der Waals surface area contributed by atoms with E-state index in [1.807, 2.05) is 84.9 Å². The lowest BCUT2D eigenvalue weighted by Gasteiger charge is -2.14. The molecule has 138 valence electrons. The quantitative estimate of drug-likeness (QED) is 0.168. The maximum atomic E-state index is 13.2. The maximum absolute atomic E-state index is 13.2. The van der Waals surface area contributed by atoms with Crippen LogP contribution in [0.4, 0.5) is 0 Å². The Bertz CT molecular complexity index is 998. The van der Waals surface area contributed by atoms with Crippen LogP contribution in [0, 0.1) is 0 Å². The number of benzene rings is 3. The van der Waals surface area contributed by atoms with Crippen LogP contribution in [0.15, 0.2) is 114 Å². The zero-order chi connectivity index (χ0) is 19.8. The number of halogens is 1. The fraction of sp³-hybridized carbons (Fsp3) is 0.0769. The molecule has 0 aliphatic rings. The van der Waals surface area contributed by atoms with Crippen LogP contribution in [0.25, 0.3) is 5.57 Å². The molecule has 1 unspecified atom stereocenters. The van der Waals surface area contributed by atoms with Gasteiger partial charge < -0.3 is 0 Å². The van der Waals surface area contributed by atoms with Gasteiger partial charge in [-0.05, 0) is 33.5 Å². The van der Waals surface area contributed by atoms with Crippen molar-refractivity contribution in [3.05, 3.63) is 131 Å². The molecular weight excluding hydrogens is 408 g/mol. The summed E-state index contributed by atoms with van der Waals surface area (Å²) >= 11 is 3.71. The molecule has 2 heteroatoms. The SMILES string of the molecule is C=CCC(C(Br)=C=C(C(=O)c1ccccc1)c1ccccc1)c1ccccc1. The smallest absolute Gasteiger partial charge is 0.201 e. The molecular formula is C26H21BrO. The van der Waals surface area contributed by atoms with Crippen molar-refractivity contribution in [3.8, 4) is 0 Å². The first-order chi connectivity index (χ1) is 13.7. The zero-order valence-corrected chi connectivity index (χ0v) is 17.1. The van der Waals surface area contributed by atoms with E-state index in [9.17, 15) is 4.79 Å². The Morgan fingerprint density at radius 3 is 1.89 bits per heavy atom. The Kier molecular flexibility index (Phi) is 6.97. The van der Waals surface area contributed by atoms with Gasteiger partial charge in [0, 0.05) is 16.0 Å². The summed E-state index contributed by atoms with van der Waals surface area (Å²) in [4.78, 5) is 13.2. The van der Waals surface area contributed by atoms with Crippen molar-refractivity contribution in [1.82, 2.24) is 0 Å². The Morgan fingerprint density at radius 1 is 0.857 bits per heavy atom. The van der Waals surface area contributed by atoms with Gasteiger partial charge in [0.25, 0.3) is 0 Å². The summed E-state index contributed by atoms with van der Waals surface area (Å²) in [5.41, 5.74) is 6.56. The van der Waals surface area contributed by atoms with Crippen LogP contribution in [0.1, 0.15) is 33.8 Å². The van der Waals surface area contributed by atoms with Gasteiger partial charge in [0.15, 0.2) is 0 Å². The molecule has 0 N–H and O–H groups in total. The van der Waals surface area contributed by atoms with Crippen molar-refractivity contribution in [1.29, 1.82) is 0 Å². The summed E-state index contributed by atoms with van der Waals surface area (Å²) in [5, 5.41) is 0. The third-order valence-electron chi connectivity index (χ3n) is 4.48. The van der Waals surface area contributed by atoms with Crippen LogP contribution in [0.5, 0.6) is 0 Å². The number of allylic oxidation sites excluding steroid dienone is 2. The van der Waals surface area contributed by atoms with Crippen molar-refractivity contribution < 1.29 is 4.79 Å². The minimum atomic E-state index is -0.0471. The van der Waals surface area contributed by atoms with Crippen LogP contribution >= 0.6 is 15.9 Å². The average molecular weight is 429 g/mol. The average Bonchev–Trinajstić information content (AvgIpc) is 2.77. The van der Waals surface area contributed by atoms with Crippen molar-refractivity contribution in [2.75, 3.05) is 0 Å². The van der Waals surface area contributed by atoms with Crippen LogP contribution in [-0.4, -0.2) is 5.78 Å². The molecule has 0 radical (unpaired) electrons.